The first-order valence-electron chi connectivity index (χ1n) is 2.58. The molecule has 1 rings (SSSR count). The molecule has 11 heavy (non-hydrogen) atoms. The van der Waals surface area contributed by atoms with E-state index in [-0.39, 0.29) is 18.1 Å². The minimum atomic E-state index is -0.637. The fourth-order valence-corrected chi connectivity index (χ4v) is 0.602. The third-order valence-corrected chi connectivity index (χ3v) is 1.08. The van der Waals surface area contributed by atoms with Gasteiger partial charge < -0.3 is 4.29 Å². The maximum atomic E-state index is 10.6. The molecular formula is C6H5Cl2NO2. The van der Waals surface area contributed by atoms with E-state index in [1.165, 1.54) is 12.3 Å². The van der Waals surface area contributed by atoms with Gasteiger partial charge >= 0.3 is 5.97 Å². The van der Waals surface area contributed by atoms with Crippen LogP contribution in [0.15, 0.2) is 24.4 Å². The fraction of sp³-hybridized carbons (Fsp3) is 0. The Bertz CT molecular complexity index is 227. The number of hydrogen-bond donors (Lipinski definition) is 0. The van der Waals surface area contributed by atoms with E-state index in [4.69, 9.17) is 11.9 Å². The van der Waals surface area contributed by atoms with Gasteiger partial charge in [-0.3, -0.25) is 0 Å². The van der Waals surface area contributed by atoms with Crippen molar-refractivity contribution in [2.45, 2.75) is 0 Å². The summed E-state index contributed by atoms with van der Waals surface area (Å²) < 4.78 is 3.91. The van der Waals surface area contributed by atoms with Crippen molar-refractivity contribution in [3.8, 4) is 0 Å². The number of rotatable bonds is 1. The molecule has 1 heterocycles. The maximum absolute atomic E-state index is 10.6. The Kier molecular flexibility index (Phi) is 4.57. The average Bonchev–Trinajstić information content (AvgIpc) is 2.05. The second-order valence-electron chi connectivity index (χ2n) is 1.58. The number of pyridine rings is 1. The van der Waals surface area contributed by atoms with E-state index in [0.29, 0.717) is 0 Å². The Labute approximate surface area is 74.9 Å². The third kappa shape index (κ3) is 2.74. The van der Waals surface area contributed by atoms with E-state index in [2.05, 4.69) is 9.27 Å². The Morgan fingerprint density at radius 1 is 1.55 bits per heavy atom. The van der Waals surface area contributed by atoms with Gasteiger partial charge in [-0.25, -0.2) is 9.78 Å². The molecule has 0 N–H and O–H groups in total. The summed E-state index contributed by atoms with van der Waals surface area (Å²) in [6.07, 6.45) is 1.49. The molecule has 0 aromatic carbocycles. The van der Waals surface area contributed by atoms with Crippen LogP contribution in [0.25, 0.3) is 0 Å². The summed E-state index contributed by atoms with van der Waals surface area (Å²) in [6.45, 7) is 0. The predicted octanol–water partition coefficient (Wildman–Crippen LogP) is 1.81. The number of nitrogens with zero attached hydrogens (tertiary/aromatic N) is 1. The quantitative estimate of drug-likeness (QED) is 0.684. The lowest BCUT2D eigenvalue weighted by Gasteiger charge is -1.91. The van der Waals surface area contributed by atoms with Gasteiger partial charge in [0, 0.05) is 6.20 Å². The molecule has 0 aliphatic carbocycles. The monoisotopic (exact) mass is 193 g/mol. The van der Waals surface area contributed by atoms with Crippen molar-refractivity contribution in [1.29, 1.82) is 0 Å². The Morgan fingerprint density at radius 2 is 2.27 bits per heavy atom. The zero-order valence-corrected chi connectivity index (χ0v) is 6.93. The molecule has 1 aromatic heterocycles. The van der Waals surface area contributed by atoms with Gasteiger partial charge in [-0.2, -0.15) is 0 Å². The molecule has 60 valence electrons. The van der Waals surface area contributed by atoms with Gasteiger partial charge in [-0.15, -0.1) is 12.4 Å². The maximum Gasteiger partial charge on any atom is 0.374 e. The highest BCUT2D eigenvalue weighted by Gasteiger charge is 2.04. The molecule has 0 spiro atoms. The van der Waals surface area contributed by atoms with E-state index in [1.807, 2.05) is 0 Å². The molecule has 0 saturated carbocycles. The van der Waals surface area contributed by atoms with Gasteiger partial charge in [-0.1, -0.05) is 6.07 Å². The topological polar surface area (TPSA) is 39.2 Å². The number of hydrogen-bond acceptors (Lipinski definition) is 3. The largest absolute Gasteiger partial charge is 0.374 e. The van der Waals surface area contributed by atoms with Gasteiger partial charge in [0.05, 0.1) is 0 Å². The molecule has 0 fully saturated rings. The summed E-state index contributed by atoms with van der Waals surface area (Å²) in [4.78, 5) is 14.3. The van der Waals surface area contributed by atoms with E-state index in [9.17, 15) is 4.79 Å². The summed E-state index contributed by atoms with van der Waals surface area (Å²) in [7, 11) is 0. The number of halogens is 2. The SMILES string of the molecule is Cl.O=C(OCl)c1ccccn1. The van der Waals surface area contributed by atoms with E-state index in [0.717, 1.165) is 0 Å². The first kappa shape index (κ1) is 10.2. The number of carbonyl (C=O) groups is 1. The second-order valence-corrected chi connectivity index (χ2v) is 1.73. The predicted molar refractivity (Wildman–Crippen MR) is 42.8 cm³/mol. The first-order valence-corrected chi connectivity index (χ1v) is 2.89. The Balaban J connectivity index is 0.000001000. The summed E-state index contributed by atoms with van der Waals surface area (Å²) in [5.74, 6) is -0.637. The standard InChI is InChI=1S/C6H4ClNO2.ClH/c7-10-6(9)5-3-1-2-4-8-5;/h1-4H;1H. The summed E-state index contributed by atoms with van der Waals surface area (Å²) in [6, 6.07) is 4.89. The molecule has 0 saturated heterocycles. The lowest BCUT2D eigenvalue weighted by atomic mass is 10.4. The minimum absolute atomic E-state index is 0. The van der Waals surface area contributed by atoms with E-state index < -0.39 is 5.97 Å². The third-order valence-electron chi connectivity index (χ3n) is 0.944. The van der Waals surface area contributed by atoms with Crippen LogP contribution in [-0.4, -0.2) is 11.0 Å². The molecule has 1 aromatic rings. The normalized spacial score (nSPS) is 8.09. The summed E-state index contributed by atoms with van der Waals surface area (Å²) in [5.41, 5.74) is 0.206. The summed E-state index contributed by atoms with van der Waals surface area (Å²) in [5, 5.41) is 0. The van der Waals surface area contributed by atoms with Crippen LogP contribution in [0.4, 0.5) is 0 Å². The minimum Gasteiger partial charge on any atom is -0.342 e. The van der Waals surface area contributed by atoms with Crippen molar-refractivity contribution in [2.75, 3.05) is 0 Å². The molecule has 0 unspecified atom stereocenters. The van der Waals surface area contributed by atoms with Gasteiger partial charge in [-0.05, 0) is 12.1 Å². The van der Waals surface area contributed by atoms with Crippen molar-refractivity contribution >= 4 is 30.2 Å². The molecule has 0 amide bonds. The van der Waals surface area contributed by atoms with Gasteiger partial charge in [0.1, 0.15) is 17.6 Å². The van der Waals surface area contributed by atoms with Crippen LogP contribution in [0, 0.1) is 0 Å². The second kappa shape index (κ2) is 4.93. The van der Waals surface area contributed by atoms with Gasteiger partial charge in [0.2, 0.25) is 0 Å². The van der Waals surface area contributed by atoms with Gasteiger partial charge in [0.15, 0.2) is 0 Å². The molecule has 0 aliphatic rings. The molecule has 5 heteroatoms. The summed E-state index contributed by atoms with van der Waals surface area (Å²) >= 11 is 4.80. The van der Waals surface area contributed by atoms with Crippen LogP contribution in [-0.2, 0) is 4.29 Å². The van der Waals surface area contributed by atoms with Crippen LogP contribution in [0.3, 0.4) is 0 Å². The smallest absolute Gasteiger partial charge is 0.342 e. The van der Waals surface area contributed by atoms with Crippen molar-refractivity contribution in [1.82, 2.24) is 4.98 Å². The lowest BCUT2D eigenvalue weighted by molar-refractivity contribution is 0.0745. The Hall–Kier alpha value is -0.800. The first-order chi connectivity index (χ1) is 4.84. The van der Waals surface area contributed by atoms with E-state index in [1.54, 1.807) is 12.1 Å². The molecule has 0 radical (unpaired) electrons. The zero-order valence-electron chi connectivity index (χ0n) is 5.36. The zero-order chi connectivity index (χ0) is 7.40. The number of aromatic nitrogens is 1. The molecule has 0 aliphatic heterocycles. The molecule has 0 bridgehead atoms. The van der Waals surface area contributed by atoms with Crippen LogP contribution in [0.5, 0.6) is 0 Å². The van der Waals surface area contributed by atoms with Crippen molar-refractivity contribution in [2.24, 2.45) is 0 Å². The fourth-order valence-electron chi connectivity index (χ4n) is 0.523. The highest BCUT2D eigenvalue weighted by molar-refractivity contribution is 6.15. The van der Waals surface area contributed by atoms with Crippen LogP contribution < -0.4 is 0 Å². The van der Waals surface area contributed by atoms with Gasteiger partial charge in [0.25, 0.3) is 0 Å². The van der Waals surface area contributed by atoms with Crippen molar-refractivity contribution in [3.05, 3.63) is 30.1 Å². The molecule has 3 nitrogen and oxygen atoms in total. The Morgan fingerprint density at radius 3 is 2.73 bits per heavy atom. The molecule has 0 atom stereocenters. The van der Waals surface area contributed by atoms with Crippen LogP contribution in [0.1, 0.15) is 10.5 Å². The highest BCUT2D eigenvalue weighted by atomic mass is 35.5. The van der Waals surface area contributed by atoms with Crippen LogP contribution in [0.2, 0.25) is 0 Å². The lowest BCUT2D eigenvalue weighted by Crippen LogP contribution is -1.99. The van der Waals surface area contributed by atoms with E-state index >= 15 is 0 Å². The van der Waals surface area contributed by atoms with Crippen LogP contribution >= 0.6 is 24.3 Å². The van der Waals surface area contributed by atoms with Crippen molar-refractivity contribution in [3.63, 3.8) is 0 Å². The van der Waals surface area contributed by atoms with Crippen molar-refractivity contribution < 1.29 is 9.08 Å². The molecular weight excluding hydrogens is 189 g/mol. The number of carbonyl (C=O) groups excluding carboxylic acids is 1. The average molecular weight is 194 g/mol. The highest BCUT2D eigenvalue weighted by Crippen LogP contribution is 1.97.